The fourth-order valence-corrected chi connectivity index (χ4v) is 4.06. The van der Waals surface area contributed by atoms with Crippen LogP contribution in [0.3, 0.4) is 0 Å². The van der Waals surface area contributed by atoms with Crippen LogP contribution >= 0.6 is 0 Å². The van der Waals surface area contributed by atoms with Crippen molar-refractivity contribution in [1.82, 2.24) is 24.0 Å². The molecule has 2 fully saturated rings. The second-order valence-corrected chi connectivity index (χ2v) is 7.70. The van der Waals surface area contributed by atoms with Crippen molar-refractivity contribution in [3.8, 4) is 0 Å². The molecule has 2 aliphatic rings. The third kappa shape index (κ3) is 3.84. The second kappa shape index (κ2) is 7.64. The number of hydrogen-bond donors (Lipinski definition) is 0. The molecule has 0 aromatic carbocycles. The van der Waals surface area contributed by atoms with Gasteiger partial charge in [0.05, 0.1) is 0 Å². The van der Waals surface area contributed by atoms with Crippen molar-refractivity contribution in [3.63, 3.8) is 0 Å². The maximum absolute atomic E-state index is 12.7. The van der Waals surface area contributed by atoms with Crippen molar-refractivity contribution in [2.24, 2.45) is 5.92 Å². The van der Waals surface area contributed by atoms with Crippen LogP contribution in [0.15, 0.2) is 24.8 Å². The summed E-state index contributed by atoms with van der Waals surface area (Å²) in [7, 11) is 0. The minimum Gasteiger partial charge on any atom is -0.342 e. The van der Waals surface area contributed by atoms with Gasteiger partial charge in [0.15, 0.2) is 0 Å². The van der Waals surface area contributed by atoms with Crippen LogP contribution < -0.4 is 0 Å². The molecule has 0 spiro atoms. The first-order valence-corrected chi connectivity index (χ1v) is 10.0. The largest absolute Gasteiger partial charge is 0.342 e. The number of carbonyl (C=O) groups is 1. The Bertz CT molecular complexity index is 745. The number of hydrogen-bond acceptors (Lipinski definition) is 3. The molecule has 26 heavy (non-hydrogen) atoms. The molecule has 2 aromatic rings. The molecule has 1 aliphatic carbocycles. The Morgan fingerprint density at radius 2 is 1.96 bits per heavy atom. The van der Waals surface area contributed by atoms with Crippen LogP contribution in [0.5, 0.6) is 0 Å². The standard InChI is InChI=1S/C20H29N5O/c1-2-18-21-8-12-23(18)11-7-19(26)24-10-3-4-17(15-24)20-22-9-13-25(20)14-16-5-6-16/h8-9,12-13,16-17H,2-7,10-11,14-15H2,1H3/t17-/m0/s1. The van der Waals surface area contributed by atoms with Gasteiger partial charge in [-0.3, -0.25) is 4.79 Å². The van der Waals surface area contributed by atoms with Crippen LogP contribution in [-0.4, -0.2) is 43.0 Å². The van der Waals surface area contributed by atoms with Gasteiger partial charge in [-0.05, 0) is 31.6 Å². The zero-order valence-electron chi connectivity index (χ0n) is 15.7. The molecule has 3 heterocycles. The van der Waals surface area contributed by atoms with E-state index in [4.69, 9.17) is 0 Å². The molecule has 1 aliphatic heterocycles. The minimum absolute atomic E-state index is 0.255. The molecule has 1 saturated heterocycles. The van der Waals surface area contributed by atoms with Crippen molar-refractivity contribution in [2.45, 2.75) is 64.5 Å². The third-order valence-electron chi connectivity index (χ3n) is 5.72. The molecule has 2 aromatic heterocycles. The number of aryl methyl sites for hydroxylation is 2. The molecular formula is C20H29N5O. The molecule has 0 radical (unpaired) electrons. The van der Waals surface area contributed by atoms with E-state index < -0.39 is 0 Å². The van der Waals surface area contributed by atoms with Crippen molar-refractivity contribution < 1.29 is 4.79 Å². The highest BCUT2D eigenvalue weighted by atomic mass is 16.2. The number of carbonyl (C=O) groups excluding carboxylic acids is 1. The summed E-state index contributed by atoms with van der Waals surface area (Å²) in [6.45, 7) is 5.60. The summed E-state index contributed by atoms with van der Waals surface area (Å²) in [5, 5.41) is 0. The van der Waals surface area contributed by atoms with Gasteiger partial charge in [-0.25, -0.2) is 9.97 Å². The number of nitrogens with zero attached hydrogens (tertiary/aromatic N) is 5. The second-order valence-electron chi connectivity index (χ2n) is 7.70. The van der Waals surface area contributed by atoms with Crippen molar-refractivity contribution in [2.75, 3.05) is 13.1 Å². The Balaban J connectivity index is 1.35. The number of aromatic nitrogens is 4. The fraction of sp³-hybridized carbons (Fsp3) is 0.650. The van der Waals surface area contributed by atoms with Crippen LogP contribution in [0.2, 0.25) is 0 Å². The van der Waals surface area contributed by atoms with Crippen LogP contribution in [0.1, 0.15) is 56.6 Å². The summed E-state index contributed by atoms with van der Waals surface area (Å²) in [5.41, 5.74) is 0. The Morgan fingerprint density at radius 3 is 2.77 bits per heavy atom. The predicted octanol–water partition coefficient (Wildman–Crippen LogP) is 2.85. The number of rotatable bonds is 7. The maximum atomic E-state index is 12.7. The Hall–Kier alpha value is -2.11. The molecule has 1 saturated carbocycles. The maximum Gasteiger partial charge on any atom is 0.224 e. The molecule has 1 amide bonds. The molecule has 6 heteroatoms. The highest BCUT2D eigenvalue weighted by Crippen LogP contribution is 2.33. The predicted molar refractivity (Wildman–Crippen MR) is 99.7 cm³/mol. The molecule has 1 atom stereocenters. The van der Waals surface area contributed by atoms with Crippen LogP contribution in [0, 0.1) is 5.92 Å². The van der Waals surface area contributed by atoms with E-state index in [2.05, 4.69) is 32.2 Å². The molecule has 4 rings (SSSR count). The summed E-state index contributed by atoms with van der Waals surface area (Å²) in [6, 6.07) is 0. The Labute approximate surface area is 155 Å². The van der Waals surface area contributed by atoms with Gasteiger partial charge < -0.3 is 14.0 Å². The van der Waals surface area contributed by atoms with E-state index in [1.54, 1.807) is 0 Å². The van der Waals surface area contributed by atoms with Gasteiger partial charge in [-0.1, -0.05) is 6.92 Å². The zero-order valence-corrected chi connectivity index (χ0v) is 15.7. The lowest BCUT2D eigenvalue weighted by molar-refractivity contribution is -0.132. The number of likely N-dealkylation sites (tertiary alicyclic amines) is 1. The summed E-state index contributed by atoms with van der Waals surface area (Å²) < 4.78 is 4.43. The van der Waals surface area contributed by atoms with Crippen LogP contribution in [0.25, 0.3) is 0 Å². The highest BCUT2D eigenvalue weighted by Gasteiger charge is 2.29. The average molecular weight is 355 g/mol. The molecule has 6 nitrogen and oxygen atoms in total. The smallest absolute Gasteiger partial charge is 0.224 e. The monoisotopic (exact) mass is 355 g/mol. The van der Waals surface area contributed by atoms with Crippen molar-refractivity contribution in [3.05, 3.63) is 36.4 Å². The summed E-state index contributed by atoms with van der Waals surface area (Å²) in [5.74, 6) is 3.70. The first kappa shape index (κ1) is 17.3. The van der Waals surface area contributed by atoms with E-state index in [1.165, 1.54) is 18.7 Å². The number of piperidine rings is 1. The molecule has 0 N–H and O–H groups in total. The molecule has 140 valence electrons. The lowest BCUT2D eigenvalue weighted by atomic mass is 9.96. The third-order valence-corrected chi connectivity index (χ3v) is 5.72. The van der Waals surface area contributed by atoms with E-state index >= 15 is 0 Å². The zero-order chi connectivity index (χ0) is 17.9. The van der Waals surface area contributed by atoms with E-state index in [9.17, 15) is 4.79 Å². The minimum atomic E-state index is 0.255. The van der Waals surface area contributed by atoms with Gasteiger partial charge in [0, 0.05) is 69.7 Å². The Morgan fingerprint density at radius 1 is 1.15 bits per heavy atom. The SMILES string of the molecule is CCc1nccn1CCC(=O)N1CCC[C@H](c2nccn2CC2CC2)C1. The van der Waals surface area contributed by atoms with E-state index in [0.717, 1.165) is 57.2 Å². The first-order chi connectivity index (χ1) is 12.7. The highest BCUT2D eigenvalue weighted by molar-refractivity contribution is 5.76. The summed E-state index contributed by atoms with van der Waals surface area (Å²) in [6.07, 6.45) is 14.2. The molecular weight excluding hydrogens is 326 g/mol. The normalized spacial score (nSPS) is 20.5. The number of amides is 1. The van der Waals surface area contributed by atoms with Gasteiger partial charge in [0.25, 0.3) is 0 Å². The first-order valence-electron chi connectivity index (χ1n) is 10.0. The van der Waals surface area contributed by atoms with Crippen LogP contribution in [-0.2, 0) is 24.3 Å². The van der Waals surface area contributed by atoms with Crippen molar-refractivity contribution >= 4 is 5.91 Å². The average Bonchev–Trinajstić information content (AvgIpc) is 3.18. The lowest BCUT2D eigenvalue weighted by Gasteiger charge is -2.33. The Kier molecular flexibility index (Phi) is 5.09. The van der Waals surface area contributed by atoms with E-state index in [0.29, 0.717) is 12.3 Å². The van der Waals surface area contributed by atoms with E-state index in [-0.39, 0.29) is 5.91 Å². The quantitative estimate of drug-likeness (QED) is 0.767. The molecule has 0 bridgehead atoms. The molecule has 0 unspecified atom stereocenters. The van der Waals surface area contributed by atoms with Crippen LogP contribution in [0.4, 0.5) is 0 Å². The van der Waals surface area contributed by atoms with Gasteiger partial charge in [0.2, 0.25) is 5.91 Å². The number of imidazole rings is 2. The summed E-state index contributed by atoms with van der Waals surface area (Å²) >= 11 is 0. The fourth-order valence-electron chi connectivity index (χ4n) is 4.06. The van der Waals surface area contributed by atoms with E-state index in [1.807, 2.05) is 23.5 Å². The van der Waals surface area contributed by atoms with Gasteiger partial charge in [0.1, 0.15) is 11.6 Å². The van der Waals surface area contributed by atoms with Crippen molar-refractivity contribution in [1.29, 1.82) is 0 Å². The summed E-state index contributed by atoms with van der Waals surface area (Å²) in [4.78, 5) is 23.8. The van der Waals surface area contributed by atoms with Gasteiger partial charge in [-0.2, -0.15) is 0 Å². The topological polar surface area (TPSA) is 56.0 Å². The van der Waals surface area contributed by atoms with Gasteiger partial charge >= 0.3 is 0 Å². The lowest BCUT2D eigenvalue weighted by Crippen LogP contribution is -2.40. The van der Waals surface area contributed by atoms with Gasteiger partial charge in [-0.15, -0.1) is 0 Å².